The number of rotatable bonds is 1. The molecule has 0 saturated carbocycles. The van der Waals surface area contributed by atoms with Crippen LogP contribution in [0.2, 0.25) is 0 Å². The number of hydrogen-bond donors (Lipinski definition) is 0. The highest BCUT2D eigenvalue weighted by Gasteiger charge is 2.54. The normalized spacial score (nSPS) is 18.4. The lowest BCUT2D eigenvalue weighted by molar-refractivity contribution is -0.358. The zero-order valence-corrected chi connectivity index (χ0v) is 15.6. The van der Waals surface area contributed by atoms with Crippen molar-refractivity contribution in [2.45, 2.75) is 6.18 Å². The number of aromatic nitrogens is 3. The second kappa shape index (κ2) is 5.59. The molecule has 2 aliphatic heterocycles. The molecule has 134 valence electrons. The van der Waals surface area contributed by atoms with Gasteiger partial charge in [0.2, 0.25) is 10.4 Å². The molecular formula is C14H6BBr2F5N4. The molecule has 4 nitrogen and oxygen atoms in total. The molecule has 0 atom stereocenters. The molecule has 4 rings (SSSR count). The number of hydrogen-bond acceptors (Lipinski definition) is 2. The third-order valence-corrected chi connectivity index (χ3v) is 5.36. The van der Waals surface area contributed by atoms with E-state index in [-0.39, 0.29) is 26.2 Å². The van der Waals surface area contributed by atoms with Crippen molar-refractivity contribution in [3.8, 4) is 0 Å². The molecule has 0 fully saturated rings. The molecule has 0 unspecified atom stereocenters. The molecule has 0 N–H and O–H groups in total. The van der Waals surface area contributed by atoms with Crippen LogP contribution in [0.15, 0.2) is 47.0 Å². The standard InChI is InChI=1S/C14H6BBr2F5N4/c16-10-3-1-8-12(7-5-23-13(24-6-7)14(18,19)20)9-2-4-11(17)26(9)15(21,22)25(8)10/h1-6H. The van der Waals surface area contributed by atoms with Gasteiger partial charge in [-0.05, 0) is 28.1 Å². The predicted molar refractivity (Wildman–Crippen MR) is 91.9 cm³/mol. The highest BCUT2D eigenvalue weighted by Crippen LogP contribution is 2.41. The molecule has 26 heavy (non-hydrogen) atoms. The molecule has 0 radical (unpaired) electrons. The van der Waals surface area contributed by atoms with Crippen molar-refractivity contribution < 1.29 is 26.3 Å². The van der Waals surface area contributed by atoms with Gasteiger partial charge in [-0.3, -0.25) is 0 Å². The van der Waals surface area contributed by atoms with E-state index >= 15 is 8.63 Å². The summed E-state index contributed by atoms with van der Waals surface area (Å²) in [5, 5.41) is 0. The topological polar surface area (TPSA) is 33.7 Å². The highest BCUT2D eigenvalue weighted by atomic mass is 79.9. The van der Waals surface area contributed by atoms with Crippen molar-refractivity contribution in [1.82, 2.24) is 14.4 Å². The van der Waals surface area contributed by atoms with E-state index in [0.717, 1.165) is 21.4 Å². The first-order valence-electron chi connectivity index (χ1n) is 7.15. The minimum Gasteiger partial charge on any atom is -0.389 e. The Balaban J connectivity index is 1.98. The third kappa shape index (κ3) is 2.42. The summed E-state index contributed by atoms with van der Waals surface area (Å²) in [5.74, 6) is -1.29. The van der Waals surface area contributed by atoms with Gasteiger partial charge in [0.05, 0.1) is 10.2 Å². The van der Waals surface area contributed by atoms with Gasteiger partial charge in [-0.25, -0.2) is 9.97 Å². The SMILES string of the molecule is F[B-]1(F)n2c(Br)ccc2C(c2cnc(C(F)(F)F)nc2)=C2C=CC(Br)=[N+]21. The number of fused-ring (bicyclic) bond motifs is 2. The van der Waals surface area contributed by atoms with Crippen LogP contribution in [0.4, 0.5) is 21.8 Å². The maximum atomic E-state index is 15.0. The van der Waals surface area contributed by atoms with Gasteiger partial charge < -0.3 is 17.6 Å². The largest absolute Gasteiger partial charge is 0.738 e. The fourth-order valence-corrected chi connectivity index (χ4v) is 4.17. The summed E-state index contributed by atoms with van der Waals surface area (Å²) in [6.45, 7) is -4.19. The summed E-state index contributed by atoms with van der Waals surface area (Å²) in [6.07, 6.45) is 0.210. The summed E-state index contributed by atoms with van der Waals surface area (Å²) >= 11 is 6.21. The smallest absolute Gasteiger partial charge is 0.389 e. The van der Waals surface area contributed by atoms with E-state index in [1.54, 1.807) is 0 Å². The molecule has 0 amide bonds. The van der Waals surface area contributed by atoms with Gasteiger partial charge in [-0.2, -0.15) is 13.2 Å². The second-order valence-electron chi connectivity index (χ2n) is 5.58. The third-order valence-electron chi connectivity index (χ3n) is 4.06. The molecule has 0 saturated heterocycles. The van der Waals surface area contributed by atoms with Gasteiger partial charge in [-0.1, -0.05) is 0 Å². The Kier molecular flexibility index (Phi) is 3.78. The first-order chi connectivity index (χ1) is 12.1. The first kappa shape index (κ1) is 17.6. The fourth-order valence-electron chi connectivity index (χ4n) is 3.03. The minimum absolute atomic E-state index is 0.147. The van der Waals surface area contributed by atoms with E-state index < -0.39 is 19.0 Å². The first-order valence-corrected chi connectivity index (χ1v) is 8.74. The maximum absolute atomic E-state index is 15.0. The van der Waals surface area contributed by atoms with Crippen molar-refractivity contribution in [2.75, 3.05) is 0 Å². The molecule has 0 aromatic carbocycles. The fraction of sp³-hybridized carbons (Fsp3) is 0.0714. The summed E-state index contributed by atoms with van der Waals surface area (Å²) in [7, 11) is 0. The molecule has 0 bridgehead atoms. The quantitative estimate of drug-likeness (QED) is 0.433. The lowest BCUT2D eigenvalue weighted by Crippen LogP contribution is -2.50. The summed E-state index contributed by atoms with van der Waals surface area (Å²) in [6, 6.07) is 2.92. The maximum Gasteiger partial charge on any atom is 0.738 e. The zero-order chi connectivity index (χ0) is 18.9. The average Bonchev–Trinajstić information content (AvgIpc) is 3.12. The molecule has 4 heterocycles. The van der Waals surface area contributed by atoms with Gasteiger partial charge >= 0.3 is 13.1 Å². The van der Waals surface area contributed by atoms with Crippen LogP contribution in [0.3, 0.4) is 0 Å². The molecule has 2 aromatic heterocycles. The minimum atomic E-state index is -4.68. The van der Waals surface area contributed by atoms with Gasteiger partial charge in [0.25, 0.3) is 0 Å². The Bertz CT molecular complexity index is 1020. The van der Waals surface area contributed by atoms with Gasteiger partial charge in [-0.15, -0.1) is 0 Å². The molecule has 2 aliphatic rings. The van der Waals surface area contributed by atoms with Crippen LogP contribution in [-0.2, 0) is 6.18 Å². The van der Waals surface area contributed by atoms with E-state index in [9.17, 15) is 13.2 Å². The van der Waals surface area contributed by atoms with Crippen molar-refractivity contribution >= 4 is 49.0 Å². The molecule has 0 aliphatic carbocycles. The lowest BCUT2D eigenvalue weighted by atomic mass is 9.87. The average molecular weight is 496 g/mol. The van der Waals surface area contributed by atoms with Crippen LogP contribution in [-0.4, -0.2) is 30.5 Å². The Morgan fingerprint density at radius 2 is 1.69 bits per heavy atom. The number of halogens is 7. The zero-order valence-electron chi connectivity index (χ0n) is 12.5. The van der Waals surface area contributed by atoms with Crippen LogP contribution < -0.4 is 0 Å². The van der Waals surface area contributed by atoms with E-state index in [4.69, 9.17) is 0 Å². The number of alkyl halides is 3. The summed E-state index contributed by atoms with van der Waals surface area (Å²) in [5.41, 5.74) is 0.817. The van der Waals surface area contributed by atoms with Crippen LogP contribution in [0, 0.1) is 0 Å². The van der Waals surface area contributed by atoms with E-state index in [2.05, 4.69) is 41.8 Å². The van der Waals surface area contributed by atoms with Crippen LogP contribution in [0.5, 0.6) is 0 Å². The van der Waals surface area contributed by atoms with Crippen molar-refractivity contribution in [3.63, 3.8) is 0 Å². The Morgan fingerprint density at radius 3 is 2.31 bits per heavy atom. The monoisotopic (exact) mass is 494 g/mol. The Labute approximate surface area is 160 Å². The van der Waals surface area contributed by atoms with Crippen molar-refractivity contribution in [2.24, 2.45) is 0 Å². The van der Waals surface area contributed by atoms with Gasteiger partial charge in [0.1, 0.15) is 0 Å². The number of allylic oxidation sites excluding steroid dienone is 2. The van der Waals surface area contributed by atoms with Crippen molar-refractivity contribution in [3.05, 3.63) is 64.1 Å². The van der Waals surface area contributed by atoms with Gasteiger partial charge in [0, 0.05) is 51.7 Å². The molecule has 12 heteroatoms. The summed E-state index contributed by atoms with van der Waals surface area (Å²) < 4.78 is 70.1. The van der Waals surface area contributed by atoms with Gasteiger partial charge in [0.15, 0.2) is 5.70 Å². The van der Waals surface area contributed by atoms with Crippen LogP contribution in [0.1, 0.15) is 17.1 Å². The molecule has 2 aromatic rings. The van der Waals surface area contributed by atoms with E-state index in [1.165, 1.54) is 24.3 Å². The van der Waals surface area contributed by atoms with E-state index in [0.29, 0.717) is 5.57 Å². The molecule has 0 spiro atoms. The number of nitrogens with zero attached hydrogens (tertiary/aromatic N) is 4. The predicted octanol–water partition coefficient (Wildman–Crippen LogP) is 4.43. The Morgan fingerprint density at radius 1 is 1.04 bits per heavy atom. The highest BCUT2D eigenvalue weighted by molar-refractivity contribution is 9.18. The van der Waals surface area contributed by atoms with Crippen LogP contribution >= 0.6 is 31.9 Å². The van der Waals surface area contributed by atoms with Crippen LogP contribution in [0.25, 0.3) is 5.57 Å². The Hall–Kier alpha value is -1.82. The summed E-state index contributed by atoms with van der Waals surface area (Å²) in [4.78, 5) is 6.68. The van der Waals surface area contributed by atoms with E-state index in [1.807, 2.05) is 0 Å². The van der Waals surface area contributed by atoms with Crippen molar-refractivity contribution in [1.29, 1.82) is 0 Å². The lowest BCUT2D eigenvalue weighted by Gasteiger charge is -2.31. The second-order valence-corrected chi connectivity index (χ2v) is 7.20. The molecular weight excluding hydrogens is 490 g/mol.